The molecule has 37 heavy (non-hydrogen) atoms. The molecule has 0 aliphatic heterocycles. The van der Waals surface area contributed by atoms with Crippen molar-refractivity contribution in [2.24, 2.45) is 5.10 Å². The van der Waals surface area contributed by atoms with Gasteiger partial charge in [-0.15, -0.1) is 0 Å². The average molecular weight is 519 g/mol. The number of aromatic nitrogens is 2. The number of hydrogen-bond donors (Lipinski definition) is 2. The molecular formula is C26H22N4O6S. The van der Waals surface area contributed by atoms with Crippen LogP contribution in [0.4, 0.5) is 0 Å². The second-order valence-corrected chi connectivity index (χ2v) is 8.49. The highest BCUT2D eigenvalue weighted by Gasteiger charge is 2.15. The first-order valence-corrected chi connectivity index (χ1v) is 12.0. The Bertz CT molecular complexity index is 1520. The molecule has 3 aromatic carbocycles. The second-order valence-electron chi connectivity index (χ2n) is 7.55. The zero-order valence-electron chi connectivity index (χ0n) is 19.7. The van der Waals surface area contributed by atoms with Crippen molar-refractivity contribution in [1.29, 1.82) is 0 Å². The van der Waals surface area contributed by atoms with Gasteiger partial charge in [0.15, 0.2) is 11.8 Å². The molecule has 0 fully saturated rings. The fourth-order valence-electron chi connectivity index (χ4n) is 3.36. The lowest BCUT2D eigenvalue weighted by Gasteiger charge is -2.13. The predicted octanol–water partition coefficient (Wildman–Crippen LogP) is 3.10. The van der Waals surface area contributed by atoms with E-state index in [0.29, 0.717) is 38.8 Å². The highest BCUT2D eigenvalue weighted by molar-refractivity contribution is 7.99. The quantitative estimate of drug-likeness (QED) is 0.142. The van der Waals surface area contributed by atoms with Gasteiger partial charge in [0.05, 0.1) is 35.7 Å². The number of aliphatic carboxylic acids is 1. The van der Waals surface area contributed by atoms with E-state index in [1.165, 1.54) is 10.8 Å². The van der Waals surface area contributed by atoms with Crippen LogP contribution in [0.3, 0.4) is 0 Å². The molecule has 0 spiro atoms. The molecule has 0 bridgehead atoms. The Hall–Kier alpha value is -4.64. The first kappa shape index (κ1) is 25.5. The lowest BCUT2D eigenvalue weighted by atomic mass is 10.2. The lowest BCUT2D eigenvalue weighted by Crippen LogP contribution is -2.24. The van der Waals surface area contributed by atoms with Crippen LogP contribution in [0.25, 0.3) is 16.6 Å². The smallest absolute Gasteiger partial charge is 0.341 e. The number of carboxylic acids is 1. The van der Waals surface area contributed by atoms with Crippen molar-refractivity contribution in [3.05, 3.63) is 88.7 Å². The molecule has 10 nitrogen and oxygen atoms in total. The summed E-state index contributed by atoms with van der Waals surface area (Å²) >= 11 is 1.09. The predicted molar refractivity (Wildman–Crippen MR) is 140 cm³/mol. The third kappa shape index (κ3) is 6.33. The largest absolute Gasteiger partial charge is 0.497 e. The van der Waals surface area contributed by atoms with Crippen LogP contribution in [0.1, 0.15) is 5.56 Å². The minimum absolute atomic E-state index is 0.0601. The first-order chi connectivity index (χ1) is 18.0. The van der Waals surface area contributed by atoms with Crippen LogP contribution in [0.5, 0.6) is 11.5 Å². The van der Waals surface area contributed by atoms with E-state index in [-0.39, 0.29) is 11.3 Å². The number of carbonyl (C=O) groups excluding carboxylic acids is 1. The van der Waals surface area contributed by atoms with Crippen molar-refractivity contribution in [2.75, 3.05) is 19.5 Å². The van der Waals surface area contributed by atoms with Crippen molar-refractivity contribution < 1.29 is 24.2 Å². The van der Waals surface area contributed by atoms with E-state index in [1.54, 1.807) is 79.9 Å². The molecule has 0 radical (unpaired) electrons. The van der Waals surface area contributed by atoms with Crippen molar-refractivity contribution in [2.45, 2.75) is 5.16 Å². The number of nitrogens with zero attached hydrogens (tertiary/aromatic N) is 3. The molecule has 11 heteroatoms. The third-order valence-corrected chi connectivity index (χ3v) is 6.01. The summed E-state index contributed by atoms with van der Waals surface area (Å²) in [6, 6.07) is 20.7. The maximum Gasteiger partial charge on any atom is 0.341 e. The monoisotopic (exact) mass is 518 g/mol. The Kier molecular flexibility index (Phi) is 8.16. The van der Waals surface area contributed by atoms with Crippen molar-refractivity contribution in [3.8, 4) is 17.2 Å². The van der Waals surface area contributed by atoms with Crippen LogP contribution >= 0.6 is 11.8 Å². The number of hydrazone groups is 1. The van der Waals surface area contributed by atoms with Gasteiger partial charge in [-0.1, -0.05) is 36.0 Å². The zero-order chi connectivity index (χ0) is 26.2. The Morgan fingerprint density at radius 3 is 2.57 bits per heavy atom. The molecule has 0 atom stereocenters. The van der Waals surface area contributed by atoms with Crippen LogP contribution in [0.15, 0.2) is 87.8 Å². The zero-order valence-corrected chi connectivity index (χ0v) is 20.5. The lowest BCUT2D eigenvalue weighted by molar-refractivity contribution is -0.139. The molecule has 1 aromatic heterocycles. The van der Waals surface area contributed by atoms with Gasteiger partial charge in [0.2, 0.25) is 0 Å². The van der Waals surface area contributed by atoms with Crippen molar-refractivity contribution >= 4 is 40.8 Å². The molecule has 188 valence electrons. The summed E-state index contributed by atoms with van der Waals surface area (Å²) in [5, 5.41) is 13.6. The Labute approximate surface area is 215 Å². The highest BCUT2D eigenvalue weighted by Crippen LogP contribution is 2.23. The maximum atomic E-state index is 13.3. The van der Waals surface area contributed by atoms with E-state index in [9.17, 15) is 14.4 Å². The summed E-state index contributed by atoms with van der Waals surface area (Å²) in [5.74, 6) is -0.621. The number of carboxylic acid groups (broad SMARTS) is 1. The Morgan fingerprint density at radius 1 is 1.08 bits per heavy atom. The van der Waals surface area contributed by atoms with E-state index in [4.69, 9.17) is 14.6 Å². The summed E-state index contributed by atoms with van der Waals surface area (Å²) in [4.78, 5) is 41.2. The minimum atomic E-state index is -1.10. The summed E-state index contributed by atoms with van der Waals surface area (Å²) < 4.78 is 11.9. The van der Waals surface area contributed by atoms with Gasteiger partial charge in [0.1, 0.15) is 11.5 Å². The number of hydrogen-bond acceptors (Lipinski definition) is 8. The van der Waals surface area contributed by atoms with E-state index >= 15 is 0 Å². The minimum Gasteiger partial charge on any atom is -0.497 e. The molecule has 0 aliphatic rings. The van der Waals surface area contributed by atoms with Gasteiger partial charge in [-0.3, -0.25) is 14.2 Å². The first-order valence-electron chi connectivity index (χ1n) is 11.0. The number of thioether (sulfide) groups is 1. The number of rotatable bonds is 10. The van der Waals surface area contributed by atoms with Gasteiger partial charge in [0.25, 0.3) is 11.5 Å². The SMILES string of the molecule is COc1ccc(-n2c(SCC(=O)N/N=C\c3ccccc3OCC(=O)O)nc3ccccc3c2=O)cc1. The van der Waals surface area contributed by atoms with Crippen molar-refractivity contribution in [3.63, 3.8) is 0 Å². The molecule has 1 heterocycles. The number of amides is 1. The molecule has 0 unspecified atom stereocenters. The second kappa shape index (κ2) is 11.9. The van der Waals surface area contributed by atoms with Crippen LogP contribution in [-0.2, 0) is 9.59 Å². The van der Waals surface area contributed by atoms with Gasteiger partial charge in [-0.25, -0.2) is 15.2 Å². The standard InChI is InChI=1S/C26H22N4O6S/c1-35-19-12-10-18(11-13-19)30-25(34)20-7-3-4-8-21(20)28-26(30)37-16-23(31)29-27-14-17-6-2-5-9-22(17)36-15-24(32)33/h2-14H,15-16H2,1H3,(H,29,31)(H,32,33)/b27-14-. The fourth-order valence-corrected chi connectivity index (χ4v) is 4.17. The summed E-state index contributed by atoms with van der Waals surface area (Å²) in [7, 11) is 1.56. The van der Waals surface area contributed by atoms with E-state index in [2.05, 4.69) is 15.5 Å². The molecular weight excluding hydrogens is 496 g/mol. The van der Waals surface area contributed by atoms with Crippen molar-refractivity contribution in [1.82, 2.24) is 15.0 Å². The summed E-state index contributed by atoms with van der Waals surface area (Å²) in [6.45, 7) is -0.498. The Balaban J connectivity index is 1.51. The molecule has 4 aromatic rings. The van der Waals surface area contributed by atoms with Crippen LogP contribution in [0, 0.1) is 0 Å². The topological polar surface area (TPSA) is 132 Å². The number of methoxy groups -OCH3 is 1. The number of nitrogens with one attached hydrogen (secondary N) is 1. The van der Waals surface area contributed by atoms with Gasteiger partial charge in [-0.2, -0.15) is 5.10 Å². The average Bonchev–Trinajstić information content (AvgIpc) is 2.91. The summed E-state index contributed by atoms with van der Waals surface area (Å²) in [5.41, 5.74) is 3.78. The molecule has 2 N–H and O–H groups in total. The maximum absolute atomic E-state index is 13.3. The molecule has 1 amide bonds. The van der Waals surface area contributed by atoms with Gasteiger partial charge in [0, 0.05) is 5.56 Å². The highest BCUT2D eigenvalue weighted by atomic mass is 32.2. The van der Waals surface area contributed by atoms with Gasteiger partial charge >= 0.3 is 5.97 Å². The van der Waals surface area contributed by atoms with E-state index < -0.39 is 18.5 Å². The van der Waals surface area contributed by atoms with E-state index in [1.807, 2.05) is 0 Å². The Morgan fingerprint density at radius 2 is 1.81 bits per heavy atom. The van der Waals surface area contributed by atoms with Crippen LogP contribution in [0.2, 0.25) is 0 Å². The number of carbonyl (C=O) groups is 2. The van der Waals surface area contributed by atoms with Gasteiger partial charge in [-0.05, 0) is 48.5 Å². The normalized spacial score (nSPS) is 10.9. The molecule has 0 aliphatic carbocycles. The number of benzene rings is 3. The molecule has 0 saturated heterocycles. The summed E-state index contributed by atoms with van der Waals surface area (Å²) in [6.07, 6.45) is 1.36. The van der Waals surface area contributed by atoms with E-state index in [0.717, 1.165) is 11.8 Å². The fraction of sp³-hybridized carbons (Fsp3) is 0.115. The van der Waals surface area contributed by atoms with Crippen LogP contribution < -0.4 is 20.5 Å². The van der Waals surface area contributed by atoms with Gasteiger partial charge < -0.3 is 14.6 Å². The third-order valence-electron chi connectivity index (χ3n) is 5.07. The number of fused-ring (bicyclic) bond motifs is 1. The number of para-hydroxylation sites is 2. The molecule has 4 rings (SSSR count). The van der Waals surface area contributed by atoms with Crippen LogP contribution in [-0.4, -0.2) is 52.2 Å². The molecule has 0 saturated carbocycles. The number of ether oxygens (including phenoxy) is 2.